The highest BCUT2D eigenvalue weighted by atomic mass is 35.5. The van der Waals surface area contributed by atoms with Crippen molar-refractivity contribution >= 4 is 33.0 Å². The SMILES string of the molecule is C[C@H]1CC2C[C@@H](S(=O)(=O)c3cc(C(=O)Nc4ccc(F)c(F)c4)ccc3Cl)CC1[C@@]2(O)[C@@H](O)[C@@H](C)O. The molecule has 0 saturated heterocycles. The van der Waals surface area contributed by atoms with Gasteiger partial charge in [-0.05, 0) is 74.3 Å². The van der Waals surface area contributed by atoms with Crippen LogP contribution in [-0.4, -0.2) is 52.7 Å². The number of rotatable bonds is 6. The van der Waals surface area contributed by atoms with Gasteiger partial charge >= 0.3 is 0 Å². The first kappa shape index (κ1) is 26.9. The van der Waals surface area contributed by atoms with Gasteiger partial charge in [-0.1, -0.05) is 18.5 Å². The molecule has 2 fully saturated rings. The Morgan fingerprint density at radius 3 is 2.42 bits per heavy atom. The summed E-state index contributed by atoms with van der Waals surface area (Å²) in [6, 6.07) is 6.58. The highest BCUT2D eigenvalue weighted by molar-refractivity contribution is 7.92. The summed E-state index contributed by atoms with van der Waals surface area (Å²) < 4.78 is 54.0. The fourth-order valence-corrected chi connectivity index (χ4v) is 8.26. The van der Waals surface area contributed by atoms with E-state index in [1.165, 1.54) is 25.1 Å². The van der Waals surface area contributed by atoms with Crippen LogP contribution in [-0.2, 0) is 9.84 Å². The van der Waals surface area contributed by atoms with Gasteiger partial charge in [0.2, 0.25) is 0 Å². The predicted molar refractivity (Wildman–Crippen MR) is 129 cm³/mol. The van der Waals surface area contributed by atoms with Crippen LogP contribution >= 0.6 is 11.6 Å². The van der Waals surface area contributed by atoms with Crippen LogP contribution in [0.15, 0.2) is 41.3 Å². The molecule has 2 unspecified atom stereocenters. The molecule has 7 nitrogen and oxygen atoms in total. The monoisotopic (exact) mass is 543 g/mol. The third-order valence-electron chi connectivity index (χ3n) is 7.70. The van der Waals surface area contributed by atoms with Crippen molar-refractivity contribution in [2.45, 2.75) is 61.1 Å². The van der Waals surface area contributed by atoms with Gasteiger partial charge in [0.25, 0.3) is 5.91 Å². The van der Waals surface area contributed by atoms with Gasteiger partial charge < -0.3 is 20.6 Å². The Bertz CT molecular complexity index is 1290. The van der Waals surface area contributed by atoms with E-state index in [-0.39, 0.29) is 39.9 Å². The molecule has 0 heterocycles. The van der Waals surface area contributed by atoms with Gasteiger partial charge in [0.1, 0.15) is 6.10 Å². The summed E-state index contributed by atoms with van der Waals surface area (Å²) in [7, 11) is -4.06. The zero-order chi connectivity index (χ0) is 26.6. The van der Waals surface area contributed by atoms with E-state index in [4.69, 9.17) is 11.6 Å². The first-order valence-electron chi connectivity index (χ1n) is 11.6. The molecule has 0 aliphatic heterocycles. The number of sulfone groups is 1. The lowest BCUT2D eigenvalue weighted by molar-refractivity contribution is -0.175. The van der Waals surface area contributed by atoms with Crippen LogP contribution in [0.3, 0.4) is 0 Å². The number of carbonyl (C=O) groups excluding carboxylic acids is 1. The van der Waals surface area contributed by atoms with Crippen molar-refractivity contribution in [3.8, 4) is 0 Å². The number of halogens is 3. The van der Waals surface area contributed by atoms with E-state index in [1.54, 1.807) is 0 Å². The quantitative estimate of drug-likeness (QED) is 0.442. The number of hydrogen-bond donors (Lipinski definition) is 4. The maximum absolute atomic E-state index is 13.7. The Morgan fingerprint density at radius 1 is 1.11 bits per heavy atom. The van der Waals surface area contributed by atoms with Gasteiger partial charge in [-0.15, -0.1) is 0 Å². The van der Waals surface area contributed by atoms with Crippen LogP contribution in [0.5, 0.6) is 0 Å². The zero-order valence-electron chi connectivity index (χ0n) is 19.7. The number of amides is 1. The maximum atomic E-state index is 13.7. The Hall–Kier alpha value is -2.11. The van der Waals surface area contributed by atoms with Gasteiger partial charge in [0.05, 0.1) is 26.9 Å². The Labute approximate surface area is 213 Å². The van der Waals surface area contributed by atoms with Crippen LogP contribution in [0.25, 0.3) is 0 Å². The van der Waals surface area contributed by atoms with Crippen LogP contribution < -0.4 is 5.32 Å². The van der Waals surface area contributed by atoms with E-state index in [1.807, 2.05) is 6.92 Å². The summed E-state index contributed by atoms with van der Waals surface area (Å²) >= 11 is 6.24. The smallest absolute Gasteiger partial charge is 0.255 e. The summed E-state index contributed by atoms with van der Waals surface area (Å²) in [5.74, 6) is -4.13. The van der Waals surface area contributed by atoms with E-state index >= 15 is 0 Å². The van der Waals surface area contributed by atoms with Gasteiger partial charge in [-0.3, -0.25) is 4.79 Å². The first-order chi connectivity index (χ1) is 16.8. The molecule has 4 rings (SSSR count). The Balaban J connectivity index is 1.61. The number of carbonyl (C=O) groups is 1. The highest BCUT2D eigenvalue weighted by Crippen LogP contribution is 2.56. The van der Waals surface area contributed by atoms with E-state index in [9.17, 15) is 37.3 Å². The molecule has 2 aromatic rings. The third-order valence-corrected chi connectivity index (χ3v) is 10.4. The predicted octanol–water partition coefficient (Wildman–Crippen LogP) is 3.55. The molecule has 4 N–H and O–H groups in total. The largest absolute Gasteiger partial charge is 0.391 e. The van der Waals surface area contributed by atoms with Crippen molar-refractivity contribution in [1.29, 1.82) is 0 Å². The third kappa shape index (κ3) is 4.54. The van der Waals surface area contributed by atoms with Gasteiger partial charge in [0.15, 0.2) is 21.5 Å². The standard InChI is InChI=1S/C25H28ClF2NO6S/c1-12-7-15-9-17(11-18(12)25(15,33)23(31)13(2)30)36(34,35)22-8-14(3-5-19(22)26)24(32)29-16-4-6-20(27)21(28)10-16/h3-6,8,10,12-13,15,17-18,23,30-31,33H,7,9,11H2,1-2H3,(H,29,32)/t12-,13+,15?,17+,18?,23-,25+/m0/s1. The van der Waals surface area contributed by atoms with Crippen molar-refractivity contribution in [3.63, 3.8) is 0 Å². The second-order valence-electron chi connectivity index (χ2n) is 9.96. The minimum atomic E-state index is -4.06. The van der Waals surface area contributed by atoms with Gasteiger partial charge in [-0.25, -0.2) is 17.2 Å². The van der Waals surface area contributed by atoms with E-state index in [0.29, 0.717) is 6.42 Å². The van der Waals surface area contributed by atoms with Gasteiger partial charge in [-0.2, -0.15) is 0 Å². The summed E-state index contributed by atoms with van der Waals surface area (Å²) in [5.41, 5.74) is -1.65. The second kappa shape index (κ2) is 9.64. The molecule has 0 spiro atoms. The van der Waals surface area contributed by atoms with Crippen molar-refractivity contribution in [2.75, 3.05) is 5.32 Å². The lowest BCUT2D eigenvalue weighted by atomic mass is 9.69. The Morgan fingerprint density at radius 2 is 1.81 bits per heavy atom. The average molecular weight is 544 g/mol. The molecule has 0 aromatic heterocycles. The summed E-state index contributed by atoms with van der Waals surface area (Å²) in [5, 5.41) is 33.2. The number of aliphatic hydroxyl groups excluding tert-OH is 2. The molecule has 2 aliphatic rings. The normalized spacial score (nSPS) is 29.6. The first-order valence-corrected chi connectivity index (χ1v) is 13.6. The summed E-state index contributed by atoms with van der Waals surface area (Å²) in [6.45, 7) is 3.27. The molecule has 2 aromatic carbocycles. The van der Waals surface area contributed by atoms with Gasteiger partial charge in [0, 0.05) is 17.3 Å². The molecule has 2 aliphatic carbocycles. The molecular weight excluding hydrogens is 516 g/mol. The minimum absolute atomic E-state index is 0.00736. The molecule has 2 saturated carbocycles. The van der Waals surface area contributed by atoms with Crippen molar-refractivity contribution in [1.82, 2.24) is 0 Å². The molecule has 0 radical (unpaired) electrons. The number of nitrogens with one attached hydrogen (secondary N) is 1. The molecular formula is C25H28ClF2NO6S. The molecule has 196 valence electrons. The molecule has 7 atom stereocenters. The fourth-order valence-electron chi connectivity index (χ4n) is 5.88. The average Bonchev–Trinajstić information content (AvgIpc) is 2.94. The van der Waals surface area contributed by atoms with Crippen LogP contribution in [0.4, 0.5) is 14.5 Å². The fraction of sp³-hybridized carbons (Fsp3) is 0.480. The van der Waals surface area contributed by atoms with Crippen molar-refractivity contribution in [3.05, 3.63) is 58.6 Å². The molecule has 2 bridgehead atoms. The Kier molecular flexibility index (Phi) is 7.22. The lowest BCUT2D eigenvalue weighted by Crippen LogP contribution is -2.59. The van der Waals surface area contributed by atoms with Crippen molar-refractivity contribution < 1.29 is 37.3 Å². The van der Waals surface area contributed by atoms with Crippen LogP contribution in [0.2, 0.25) is 5.02 Å². The highest BCUT2D eigenvalue weighted by Gasteiger charge is 2.62. The van der Waals surface area contributed by atoms with E-state index in [2.05, 4.69) is 5.32 Å². The number of fused-ring (bicyclic) bond motifs is 2. The number of hydrogen-bond acceptors (Lipinski definition) is 6. The molecule has 36 heavy (non-hydrogen) atoms. The van der Waals surface area contributed by atoms with Crippen LogP contribution in [0.1, 0.15) is 43.5 Å². The number of anilines is 1. The minimum Gasteiger partial charge on any atom is -0.391 e. The maximum Gasteiger partial charge on any atom is 0.255 e. The van der Waals surface area contributed by atoms with Crippen LogP contribution in [0, 0.1) is 29.4 Å². The second-order valence-corrected chi connectivity index (χ2v) is 12.6. The topological polar surface area (TPSA) is 124 Å². The summed E-state index contributed by atoms with van der Waals surface area (Å²) in [4.78, 5) is 12.5. The lowest BCUT2D eigenvalue weighted by Gasteiger charge is -2.46. The number of benzene rings is 2. The number of aliphatic hydroxyl groups is 3. The van der Waals surface area contributed by atoms with E-state index in [0.717, 1.165) is 18.2 Å². The molecule has 1 amide bonds. The zero-order valence-corrected chi connectivity index (χ0v) is 21.2. The van der Waals surface area contributed by atoms with E-state index < -0.39 is 62.3 Å². The molecule has 11 heteroatoms. The summed E-state index contributed by atoms with van der Waals surface area (Å²) in [6.07, 6.45) is -1.97. The van der Waals surface area contributed by atoms with Crippen molar-refractivity contribution in [2.24, 2.45) is 17.8 Å².